The van der Waals surface area contributed by atoms with Crippen LogP contribution in [0, 0.1) is 5.92 Å². The van der Waals surface area contributed by atoms with Gasteiger partial charge in [0.2, 0.25) is 0 Å². The molecule has 23 heavy (non-hydrogen) atoms. The lowest BCUT2D eigenvalue weighted by atomic mass is 9.84. The Morgan fingerprint density at radius 2 is 2.09 bits per heavy atom. The largest absolute Gasteiger partial charge is 0.369 e. The number of hydrogen-bond donors (Lipinski definition) is 0. The van der Waals surface area contributed by atoms with Crippen LogP contribution in [0.4, 0.5) is 0 Å². The monoisotopic (exact) mass is 300 g/mol. The SMILES string of the molecule is C=C1C=CC(C2C(c3ccc4c(c3)=CN=4)=CC=CN2C)=CC1C. The molecule has 2 aliphatic heterocycles. The Balaban J connectivity index is 1.78. The molecule has 4 rings (SSSR count). The molecule has 0 fully saturated rings. The standard InChI is InChI=1S/C21H20N2/c1-14-6-7-17(11-15(14)2)21-19(5-4-10-23(21)3)16-8-9-20-18(12-16)13-22-20/h4-13,15,21H,1H2,2-3H3. The van der Waals surface area contributed by atoms with Crippen LogP contribution in [0.3, 0.4) is 0 Å². The molecule has 2 nitrogen and oxygen atoms in total. The Labute approximate surface area is 136 Å². The highest BCUT2D eigenvalue weighted by Gasteiger charge is 2.25. The van der Waals surface area contributed by atoms with Crippen molar-refractivity contribution in [3.8, 4) is 0 Å². The first-order valence-electron chi connectivity index (χ1n) is 8.01. The van der Waals surface area contributed by atoms with Gasteiger partial charge in [0, 0.05) is 18.5 Å². The van der Waals surface area contributed by atoms with Crippen molar-refractivity contribution in [3.05, 3.63) is 88.6 Å². The van der Waals surface area contributed by atoms with Crippen molar-refractivity contribution < 1.29 is 0 Å². The number of rotatable bonds is 2. The first-order valence-corrected chi connectivity index (χ1v) is 8.01. The Bertz CT molecular complexity index is 925. The third kappa shape index (κ3) is 2.31. The van der Waals surface area contributed by atoms with Crippen LogP contribution in [0.25, 0.3) is 11.8 Å². The zero-order valence-electron chi connectivity index (χ0n) is 13.5. The van der Waals surface area contributed by atoms with E-state index >= 15 is 0 Å². The average molecular weight is 300 g/mol. The second-order valence-corrected chi connectivity index (χ2v) is 6.43. The minimum Gasteiger partial charge on any atom is -0.369 e. The van der Waals surface area contributed by atoms with E-state index in [0.29, 0.717) is 5.92 Å². The molecule has 0 saturated heterocycles. The van der Waals surface area contributed by atoms with E-state index < -0.39 is 0 Å². The van der Waals surface area contributed by atoms with Gasteiger partial charge in [-0.1, -0.05) is 43.9 Å². The third-order valence-electron chi connectivity index (χ3n) is 4.84. The van der Waals surface area contributed by atoms with Crippen molar-refractivity contribution in [1.82, 2.24) is 4.90 Å². The van der Waals surface area contributed by atoms with Gasteiger partial charge in [0.25, 0.3) is 0 Å². The Morgan fingerprint density at radius 1 is 1.22 bits per heavy atom. The lowest BCUT2D eigenvalue weighted by Crippen LogP contribution is -2.34. The molecule has 0 saturated carbocycles. The van der Waals surface area contributed by atoms with Crippen LogP contribution in [-0.4, -0.2) is 18.0 Å². The molecule has 0 spiro atoms. The maximum absolute atomic E-state index is 4.26. The smallest absolute Gasteiger partial charge is 0.0790 e. The van der Waals surface area contributed by atoms with Gasteiger partial charge in [0.1, 0.15) is 0 Å². The van der Waals surface area contributed by atoms with E-state index in [4.69, 9.17) is 0 Å². The van der Waals surface area contributed by atoms with Crippen molar-refractivity contribution in [2.75, 3.05) is 7.05 Å². The topological polar surface area (TPSA) is 15.6 Å². The van der Waals surface area contributed by atoms with Gasteiger partial charge in [-0.05, 0) is 52.6 Å². The van der Waals surface area contributed by atoms with E-state index in [1.165, 1.54) is 27.5 Å². The predicted octanol–water partition coefficient (Wildman–Crippen LogP) is 2.96. The van der Waals surface area contributed by atoms with Crippen LogP contribution in [-0.2, 0) is 0 Å². The second kappa shape index (κ2) is 5.24. The van der Waals surface area contributed by atoms with Crippen molar-refractivity contribution in [2.45, 2.75) is 13.0 Å². The van der Waals surface area contributed by atoms with Gasteiger partial charge in [-0.15, -0.1) is 0 Å². The molecule has 2 atom stereocenters. The van der Waals surface area contributed by atoms with E-state index in [0.717, 1.165) is 5.36 Å². The van der Waals surface area contributed by atoms with E-state index in [9.17, 15) is 0 Å². The number of fused-ring (bicyclic) bond motifs is 1. The highest BCUT2D eigenvalue weighted by molar-refractivity contribution is 5.76. The molecule has 2 heteroatoms. The van der Waals surface area contributed by atoms with Gasteiger partial charge in [-0.3, -0.25) is 4.99 Å². The van der Waals surface area contributed by atoms with Gasteiger partial charge in [-0.25, -0.2) is 0 Å². The molecule has 114 valence electrons. The molecule has 0 radical (unpaired) electrons. The normalized spacial score (nSPS) is 25.0. The lowest BCUT2D eigenvalue weighted by Gasteiger charge is -2.34. The minimum atomic E-state index is 0.238. The van der Waals surface area contributed by atoms with Crippen LogP contribution in [0.5, 0.6) is 0 Å². The molecule has 1 aliphatic carbocycles. The Kier molecular flexibility index (Phi) is 3.19. The first-order chi connectivity index (χ1) is 11.1. The van der Waals surface area contributed by atoms with E-state index in [1.54, 1.807) is 0 Å². The number of likely N-dealkylation sites (N-methyl/N-ethyl adjacent to an activating group) is 1. The summed E-state index contributed by atoms with van der Waals surface area (Å²) in [6.07, 6.45) is 15.1. The summed E-state index contributed by atoms with van der Waals surface area (Å²) in [6.45, 7) is 6.32. The summed E-state index contributed by atoms with van der Waals surface area (Å²) >= 11 is 0. The van der Waals surface area contributed by atoms with E-state index in [-0.39, 0.29) is 6.04 Å². The molecule has 2 heterocycles. The molecular weight excluding hydrogens is 280 g/mol. The summed E-state index contributed by atoms with van der Waals surface area (Å²) in [7, 11) is 2.14. The Hall–Kier alpha value is -2.61. The summed E-state index contributed by atoms with van der Waals surface area (Å²) in [5.41, 5.74) is 5.10. The first kappa shape index (κ1) is 14.0. The Morgan fingerprint density at radius 3 is 2.78 bits per heavy atom. The highest BCUT2D eigenvalue weighted by atomic mass is 15.1. The van der Waals surface area contributed by atoms with Crippen molar-refractivity contribution >= 4 is 11.8 Å². The van der Waals surface area contributed by atoms with Crippen LogP contribution in [0.2, 0.25) is 0 Å². The van der Waals surface area contributed by atoms with Crippen LogP contribution >= 0.6 is 0 Å². The van der Waals surface area contributed by atoms with Gasteiger partial charge < -0.3 is 4.90 Å². The van der Waals surface area contributed by atoms with Crippen molar-refractivity contribution in [2.24, 2.45) is 10.9 Å². The fourth-order valence-corrected chi connectivity index (χ4v) is 3.36. The van der Waals surface area contributed by atoms with Crippen LogP contribution in [0.15, 0.2) is 77.5 Å². The third-order valence-corrected chi connectivity index (χ3v) is 4.84. The van der Waals surface area contributed by atoms with Crippen LogP contribution < -0.4 is 10.6 Å². The second-order valence-electron chi connectivity index (χ2n) is 6.43. The molecule has 2 unspecified atom stereocenters. The maximum Gasteiger partial charge on any atom is 0.0790 e. The lowest BCUT2D eigenvalue weighted by molar-refractivity contribution is 0.431. The van der Waals surface area contributed by atoms with Crippen molar-refractivity contribution in [1.29, 1.82) is 0 Å². The van der Waals surface area contributed by atoms with Crippen LogP contribution in [0.1, 0.15) is 12.5 Å². The number of benzene rings is 1. The maximum atomic E-state index is 4.26. The van der Waals surface area contributed by atoms with E-state index in [2.05, 4.69) is 85.2 Å². The minimum absolute atomic E-state index is 0.238. The quantitative estimate of drug-likeness (QED) is 0.820. The molecule has 0 amide bonds. The fraction of sp³-hybridized carbons (Fsp3) is 0.190. The van der Waals surface area contributed by atoms with Gasteiger partial charge in [0.15, 0.2) is 0 Å². The molecule has 3 aliphatic rings. The summed E-state index contributed by atoms with van der Waals surface area (Å²) in [4.78, 5) is 6.54. The molecule has 0 bridgehead atoms. The predicted molar refractivity (Wildman–Crippen MR) is 95.9 cm³/mol. The number of allylic oxidation sites excluding steroid dienone is 5. The summed E-state index contributed by atoms with van der Waals surface area (Å²) in [6, 6.07) is 6.76. The zero-order chi connectivity index (χ0) is 16.0. The summed E-state index contributed by atoms with van der Waals surface area (Å²) < 4.78 is 0. The van der Waals surface area contributed by atoms with E-state index in [1.807, 2.05) is 6.20 Å². The molecule has 0 N–H and O–H groups in total. The van der Waals surface area contributed by atoms with Gasteiger partial charge in [0.05, 0.1) is 11.4 Å². The summed E-state index contributed by atoms with van der Waals surface area (Å²) in [5.74, 6) is 0.388. The molecular formula is C21H20N2. The number of hydrogen-bond acceptors (Lipinski definition) is 2. The fourth-order valence-electron chi connectivity index (χ4n) is 3.36. The molecule has 1 aromatic carbocycles. The summed E-state index contributed by atoms with van der Waals surface area (Å²) in [5, 5.41) is 2.32. The number of nitrogens with zero attached hydrogens (tertiary/aromatic N) is 2. The van der Waals surface area contributed by atoms with Gasteiger partial charge >= 0.3 is 0 Å². The van der Waals surface area contributed by atoms with Crippen molar-refractivity contribution in [3.63, 3.8) is 0 Å². The van der Waals surface area contributed by atoms with Gasteiger partial charge in [-0.2, -0.15) is 0 Å². The molecule has 0 aromatic heterocycles. The molecule has 1 aromatic rings. The zero-order valence-corrected chi connectivity index (χ0v) is 13.5. The highest BCUT2D eigenvalue weighted by Crippen LogP contribution is 2.33. The average Bonchev–Trinajstić information content (AvgIpc) is 2.51.